The van der Waals surface area contributed by atoms with Gasteiger partial charge in [0.1, 0.15) is 5.69 Å². The van der Waals surface area contributed by atoms with E-state index in [1.807, 2.05) is 6.07 Å². The highest BCUT2D eigenvalue weighted by atomic mass is 35.5. The molecule has 0 fully saturated rings. The maximum Gasteiger partial charge on any atom is 0.267 e. The van der Waals surface area contributed by atoms with E-state index < -0.39 is 11.6 Å². The Morgan fingerprint density at radius 3 is 2.41 bits per heavy atom. The molecule has 1 heterocycles. The lowest BCUT2D eigenvalue weighted by molar-refractivity contribution is 0.0946. The zero-order chi connectivity index (χ0) is 19.4. The van der Waals surface area contributed by atoms with Crippen LogP contribution < -0.4 is 16.8 Å². The average molecular weight is 445 g/mol. The van der Waals surface area contributed by atoms with Gasteiger partial charge in [-0.05, 0) is 54.8 Å². The van der Waals surface area contributed by atoms with Crippen molar-refractivity contribution < 1.29 is 13.6 Å². The molecule has 0 spiro atoms. The fraction of sp³-hybridized carbons (Fsp3) is 0.250. The SMILES string of the molecule is Cl.Cl.NCCC[C@H](N)CNC(=O)c1cc2ccc(-c3ccc(F)c(F)c3)cc2[nH]1. The first-order chi connectivity index (χ1) is 13.0. The first kappa shape index (κ1) is 24.8. The number of nitrogens with one attached hydrogen (secondary N) is 2. The molecule has 0 radical (unpaired) electrons. The highest BCUT2D eigenvalue weighted by molar-refractivity contribution is 5.98. The Labute approximate surface area is 180 Å². The molecule has 1 amide bonds. The van der Waals surface area contributed by atoms with E-state index in [1.54, 1.807) is 18.2 Å². The van der Waals surface area contributed by atoms with E-state index in [0.29, 0.717) is 24.3 Å². The van der Waals surface area contributed by atoms with Gasteiger partial charge in [0, 0.05) is 23.5 Å². The standard InChI is InChI=1S/C20H22F2N4O.2ClH/c21-16-6-5-12(8-17(16)22)13-3-4-14-10-19(26-18(14)9-13)20(27)25-11-15(24)2-1-7-23;;/h3-6,8-10,15,26H,1-2,7,11,23-24H2,(H,25,27);2*1H/t15-;;/m0../s1. The fourth-order valence-corrected chi connectivity index (χ4v) is 2.91. The minimum atomic E-state index is -0.898. The zero-order valence-electron chi connectivity index (χ0n) is 15.6. The largest absolute Gasteiger partial charge is 0.351 e. The van der Waals surface area contributed by atoms with Gasteiger partial charge in [0.05, 0.1) is 0 Å². The minimum absolute atomic E-state index is 0. The number of benzene rings is 2. The van der Waals surface area contributed by atoms with E-state index >= 15 is 0 Å². The molecular formula is C20H24Cl2F2N4O. The van der Waals surface area contributed by atoms with E-state index in [2.05, 4.69) is 10.3 Å². The number of aromatic nitrogens is 1. The fourth-order valence-electron chi connectivity index (χ4n) is 2.91. The maximum absolute atomic E-state index is 13.5. The van der Waals surface area contributed by atoms with Crippen molar-refractivity contribution in [2.75, 3.05) is 13.1 Å². The number of amides is 1. The molecule has 0 saturated heterocycles. The highest BCUT2D eigenvalue weighted by Crippen LogP contribution is 2.26. The van der Waals surface area contributed by atoms with Gasteiger partial charge >= 0.3 is 0 Å². The van der Waals surface area contributed by atoms with E-state index in [0.717, 1.165) is 41.4 Å². The topological polar surface area (TPSA) is 96.9 Å². The molecule has 0 aliphatic rings. The van der Waals surface area contributed by atoms with Gasteiger partial charge in [-0.1, -0.05) is 18.2 Å². The van der Waals surface area contributed by atoms with Gasteiger partial charge in [-0.2, -0.15) is 0 Å². The molecule has 6 N–H and O–H groups in total. The molecule has 0 bridgehead atoms. The summed E-state index contributed by atoms with van der Waals surface area (Å²) in [6, 6.07) is 10.8. The average Bonchev–Trinajstić information content (AvgIpc) is 3.10. The molecule has 0 saturated carbocycles. The molecule has 3 rings (SSSR count). The summed E-state index contributed by atoms with van der Waals surface area (Å²) in [6.45, 7) is 0.943. The molecule has 0 aliphatic carbocycles. The summed E-state index contributed by atoms with van der Waals surface area (Å²) in [5.74, 6) is -2.03. The van der Waals surface area contributed by atoms with Crippen molar-refractivity contribution in [3.05, 3.63) is 59.8 Å². The lowest BCUT2D eigenvalue weighted by Gasteiger charge is -2.11. The summed E-state index contributed by atoms with van der Waals surface area (Å²) in [5.41, 5.74) is 13.8. The quantitative estimate of drug-likeness (QED) is 0.446. The predicted octanol–water partition coefficient (Wildman–Crippen LogP) is 3.75. The molecule has 0 unspecified atom stereocenters. The second-order valence-electron chi connectivity index (χ2n) is 6.51. The molecule has 2 aromatic carbocycles. The third-order valence-corrected chi connectivity index (χ3v) is 4.42. The summed E-state index contributed by atoms with van der Waals surface area (Å²) in [7, 11) is 0. The van der Waals surface area contributed by atoms with Crippen LogP contribution in [-0.4, -0.2) is 30.0 Å². The molecule has 0 aliphatic heterocycles. The molecule has 5 nitrogen and oxygen atoms in total. The number of nitrogens with two attached hydrogens (primary N) is 2. The van der Waals surface area contributed by atoms with Crippen LogP contribution in [-0.2, 0) is 0 Å². The first-order valence-corrected chi connectivity index (χ1v) is 8.80. The third-order valence-electron chi connectivity index (χ3n) is 4.42. The van der Waals surface area contributed by atoms with Crippen molar-refractivity contribution in [3.8, 4) is 11.1 Å². The van der Waals surface area contributed by atoms with Crippen molar-refractivity contribution in [3.63, 3.8) is 0 Å². The number of hydrogen-bond acceptors (Lipinski definition) is 3. The van der Waals surface area contributed by atoms with E-state index in [9.17, 15) is 13.6 Å². The van der Waals surface area contributed by atoms with Gasteiger partial charge in [0.25, 0.3) is 5.91 Å². The minimum Gasteiger partial charge on any atom is -0.351 e. The lowest BCUT2D eigenvalue weighted by atomic mass is 10.0. The van der Waals surface area contributed by atoms with Crippen LogP contribution >= 0.6 is 24.8 Å². The molecule has 3 aromatic rings. The van der Waals surface area contributed by atoms with Crippen LogP contribution in [0.3, 0.4) is 0 Å². The smallest absolute Gasteiger partial charge is 0.267 e. The summed E-state index contributed by atoms with van der Waals surface area (Å²) < 4.78 is 26.6. The van der Waals surface area contributed by atoms with Crippen LogP contribution in [0.5, 0.6) is 0 Å². The Morgan fingerprint density at radius 2 is 1.72 bits per heavy atom. The van der Waals surface area contributed by atoms with Crippen LogP contribution in [0, 0.1) is 11.6 Å². The van der Waals surface area contributed by atoms with Gasteiger partial charge in [-0.15, -0.1) is 24.8 Å². The Balaban J connectivity index is 0.00000210. The number of carbonyl (C=O) groups excluding carboxylic acids is 1. The van der Waals surface area contributed by atoms with Crippen LogP contribution in [0.25, 0.3) is 22.0 Å². The number of halogens is 4. The van der Waals surface area contributed by atoms with Gasteiger partial charge in [0.2, 0.25) is 0 Å². The van der Waals surface area contributed by atoms with Gasteiger partial charge in [-0.25, -0.2) is 8.78 Å². The maximum atomic E-state index is 13.5. The summed E-state index contributed by atoms with van der Waals surface area (Å²) in [6.07, 6.45) is 1.57. The van der Waals surface area contributed by atoms with Crippen LogP contribution in [0.2, 0.25) is 0 Å². The van der Waals surface area contributed by atoms with E-state index in [1.165, 1.54) is 6.07 Å². The number of rotatable bonds is 7. The van der Waals surface area contributed by atoms with Gasteiger partial charge < -0.3 is 21.8 Å². The molecule has 29 heavy (non-hydrogen) atoms. The summed E-state index contributed by atoms with van der Waals surface area (Å²) >= 11 is 0. The Hall–Kier alpha value is -2.19. The second-order valence-corrected chi connectivity index (χ2v) is 6.51. The van der Waals surface area contributed by atoms with E-state index in [4.69, 9.17) is 11.5 Å². The van der Waals surface area contributed by atoms with Crippen molar-refractivity contribution in [2.24, 2.45) is 11.5 Å². The van der Waals surface area contributed by atoms with Crippen molar-refractivity contribution in [1.29, 1.82) is 0 Å². The number of H-pyrrole nitrogens is 1. The van der Waals surface area contributed by atoms with Crippen molar-refractivity contribution in [1.82, 2.24) is 10.3 Å². The van der Waals surface area contributed by atoms with Crippen LogP contribution in [0.15, 0.2) is 42.5 Å². The Morgan fingerprint density at radius 1 is 1.03 bits per heavy atom. The van der Waals surface area contributed by atoms with Crippen LogP contribution in [0.1, 0.15) is 23.3 Å². The van der Waals surface area contributed by atoms with E-state index in [-0.39, 0.29) is 36.8 Å². The molecule has 1 aromatic heterocycles. The monoisotopic (exact) mass is 444 g/mol. The van der Waals surface area contributed by atoms with Crippen molar-refractivity contribution in [2.45, 2.75) is 18.9 Å². The van der Waals surface area contributed by atoms with Crippen molar-refractivity contribution >= 4 is 41.6 Å². The number of fused-ring (bicyclic) bond motifs is 1. The van der Waals surface area contributed by atoms with Crippen LogP contribution in [0.4, 0.5) is 8.78 Å². The highest BCUT2D eigenvalue weighted by Gasteiger charge is 2.12. The number of hydrogen-bond donors (Lipinski definition) is 4. The summed E-state index contributed by atoms with van der Waals surface area (Å²) in [5, 5.41) is 3.65. The zero-order valence-corrected chi connectivity index (χ0v) is 17.2. The van der Waals surface area contributed by atoms with Gasteiger partial charge in [-0.3, -0.25) is 4.79 Å². The molecule has 1 atom stereocenters. The second kappa shape index (κ2) is 11.1. The molecular weight excluding hydrogens is 421 g/mol. The number of carbonyl (C=O) groups is 1. The normalized spacial score (nSPS) is 11.4. The predicted molar refractivity (Wildman–Crippen MR) is 117 cm³/mol. The Kier molecular flexibility index (Phi) is 9.52. The number of aromatic amines is 1. The first-order valence-electron chi connectivity index (χ1n) is 8.80. The Bertz CT molecular complexity index is 965. The van der Waals surface area contributed by atoms with Gasteiger partial charge in [0.15, 0.2) is 11.6 Å². The lowest BCUT2D eigenvalue weighted by Crippen LogP contribution is -2.37. The molecule has 9 heteroatoms. The third kappa shape index (κ3) is 6.14. The summed E-state index contributed by atoms with van der Waals surface area (Å²) in [4.78, 5) is 15.4. The molecule has 158 valence electrons.